The van der Waals surface area contributed by atoms with Crippen LogP contribution >= 0.6 is 12.2 Å². The third kappa shape index (κ3) is 3.22. The molecule has 0 saturated heterocycles. The number of benzene rings is 1. The molecule has 0 radical (unpaired) electrons. The molecular formula is C12H11N3OS. The molecule has 0 bridgehead atoms. The average Bonchev–Trinajstić information content (AvgIpc) is 2.38. The summed E-state index contributed by atoms with van der Waals surface area (Å²) >= 11 is 4.82. The summed E-state index contributed by atoms with van der Waals surface area (Å²) in [6.07, 6.45) is 3.04. The van der Waals surface area contributed by atoms with Gasteiger partial charge in [-0.2, -0.15) is 0 Å². The van der Waals surface area contributed by atoms with Crippen LogP contribution < -0.4 is 10.5 Å². The van der Waals surface area contributed by atoms with Crippen molar-refractivity contribution in [2.75, 3.05) is 0 Å². The number of ether oxygens (including phenoxy) is 1. The normalized spacial score (nSPS) is 9.88. The number of nitrogens with two attached hydrogens (primary N) is 1. The predicted octanol–water partition coefficient (Wildman–Crippen LogP) is 1.69. The van der Waals surface area contributed by atoms with Crippen molar-refractivity contribution in [1.29, 1.82) is 0 Å². The monoisotopic (exact) mass is 245 g/mol. The van der Waals surface area contributed by atoms with Gasteiger partial charge in [0, 0.05) is 0 Å². The maximum atomic E-state index is 5.49. The topological polar surface area (TPSA) is 61.0 Å². The molecule has 17 heavy (non-hydrogen) atoms. The third-order valence-electron chi connectivity index (χ3n) is 2.09. The second kappa shape index (κ2) is 5.36. The van der Waals surface area contributed by atoms with Crippen molar-refractivity contribution in [3.05, 3.63) is 54.0 Å². The van der Waals surface area contributed by atoms with Gasteiger partial charge in [0.25, 0.3) is 0 Å². The van der Waals surface area contributed by atoms with Crippen LogP contribution in [0.25, 0.3) is 0 Å². The Morgan fingerprint density at radius 3 is 2.71 bits per heavy atom. The summed E-state index contributed by atoms with van der Waals surface area (Å²) < 4.78 is 5.49. The van der Waals surface area contributed by atoms with Crippen LogP contribution in [0.15, 0.2) is 42.7 Å². The van der Waals surface area contributed by atoms with Crippen LogP contribution in [0.2, 0.25) is 0 Å². The number of aromatic nitrogens is 2. The van der Waals surface area contributed by atoms with Gasteiger partial charge >= 0.3 is 0 Å². The first-order valence-corrected chi connectivity index (χ1v) is 5.45. The summed E-state index contributed by atoms with van der Waals surface area (Å²) in [6.45, 7) is 0.441. The lowest BCUT2D eigenvalue weighted by Crippen LogP contribution is -2.12. The number of hydrogen-bond acceptors (Lipinski definition) is 4. The molecule has 0 aliphatic heterocycles. The highest BCUT2D eigenvalue weighted by Crippen LogP contribution is 2.08. The van der Waals surface area contributed by atoms with E-state index in [9.17, 15) is 0 Å². The highest BCUT2D eigenvalue weighted by atomic mass is 32.1. The highest BCUT2D eigenvalue weighted by molar-refractivity contribution is 7.80. The van der Waals surface area contributed by atoms with Crippen molar-refractivity contribution in [2.24, 2.45) is 5.73 Å². The maximum absolute atomic E-state index is 5.49. The van der Waals surface area contributed by atoms with E-state index in [0.29, 0.717) is 18.2 Å². The third-order valence-corrected chi connectivity index (χ3v) is 2.30. The van der Waals surface area contributed by atoms with E-state index in [1.54, 1.807) is 0 Å². The minimum absolute atomic E-state index is 0.211. The van der Waals surface area contributed by atoms with E-state index in [1.807, 2.05) is 30.3 Å². The van der Waals surface area contributed by atoms with E-state index < -0.39 is 0 Å². The minimum Gasteiger partial charge on any atom is -0.472 e. The van der Waals surface area contributed by atoms with E-state index in [1.165, 1.54) is 12.4 Å². The van der Waals surface area contributed by atoms with E-state index in [4.69, 9.17) is 22.7 Å². The Balaban J connectivity index is 2.04. The molecule has 1 heterocycles. The molecule has 5 heteroatoms. The van der Waals surface area contributed by atoms with Crippen LogP contribution in [0.4, 0.5) is 0 Å². The van der Waals surface area contributed by atoms with Crippen molar-refractivity contribution in [3.63, 3.8) is 0 Å². The SMILES string of the molecule is NC(=S)c1cncc(OCc2ccccc2)n1. The Morgan fingerprint density at radius 2 is 2.00 bits per heavy atom. The Kier molecular flexibility index (Phi) is 3.62. The summed E-state index contributed by atoms with van der Waals surface area (Å²) in [5.74, 6) is 0.416. The molecule has 1 aromatic heterocycles. The molecule has 0 unspecified atom stereocenters. The van der Waals surface area contributed by atoms with Gasteiger partial charge in [0.15, 0.2) is 0 Å². The summed E-state index contributed by atoms with van der Waals surface area (Å²) in [5.41, 5.74) is 6.99. The summed E-state index contributed by atoms with van der Waals surface area (Å²) in [7, 11) is 0. The molecule has 4 nitrogen and oxygen atoms in total. The van der Waals surface area contributed by atoms with Crippen LogP contribution in [-0.2, 0) is 6.61 Å². The van der Waals surface area contributed by atoms with Crippen molar-refractivity contribution in [3.8, 4) is 5.88 Å². The largest absolute Gasteiger partial charge is 0.472 e. The van der Waals surface area contributed by atoms with Crippen LogP contribution in [0.3, 0.4) is 0 Å². The van der Waals surface area contributed by atoms with Crippen molar-refractivity contribution in [1.82, 2.24) is 9.97 Å². The van der Waals surface area contributed by atoms with E-state index >= 15 is 0 Å². The van der Waals surface area contributed by atoms with E-state index in [-0.39, 0.29) is 4.99 Å². The standard InChI is InChI=1S/C12H11N3OS/c13-12(17)10-6-14-7-11(15-10)16-8-9-4-2-1-3-5-9/h1-7H,8H2,(H2,13,17). The molecular weight excluding hydrogens is 234 g/mol. The highest BCUT2D eigenvalue weighted by Gasteiger charge is 2.02. The Bertz CT molecular complexity index is 516. The fourth-order valence-electron chi connectivity index (χ4n) is 1.27. The summed E-state index contributed by atoms with van der Waals surface area (Å²) in [6, 6.07) is 9.82. The van der Waals surface area contributed by atoms with Crippen LogP contribution in [0.1, 0.15) is 11.3 Å². The lowest BCUT2D eigenvalue weighted by Gasteiger charge is -2.05. The first-order chi connectivity index (χ1) is 8.25. The van der Waals surface area contributed by atoms with Gasteiger partial charge in [0.05, 0.1) is 12.4 Å². The molecule has 1 aromatic carbocycles. The first-order valence-electron chi connectivity index (χ1n) is 5.04. The molecule has 0 aliphatic rings. The van der Waals surface area contributed by atoms with Gasteiger partial charge in [-0.1, -0.05) is 42.5 Å². The van der Waals surface area contributed by atoms with Crippen LogP contribution in [0, 0.1) is 0 Å². The molecule has 0 atom stereocenters. The average molecular weight is 245 g/mol. The molecule has 86 valence electrons. The zero-order valence-corrected chi connectivity index (χ0v) is 9.85. The molecule has 0 fully saturated rings. The van der Waals surface area contributed by atoms with Crippen LogP contribution in [-0.4, -0.2) is 15.0 Å². The van der Waals surface area contributed by atoms with Crippen molar-refractivity contribution in [2.45, 2.75) is 6.61 Å². The molecule has 0 amide bonds. The maximum Gasteiger partial charge on any atom is 0.233 e. The van der Waals surface area contributed by atoms with Gasteiger partial charge in [0.1, 0.15) is 17.3 Å². The molecule has 2 rings (SSSR count). The number of hydrogen-bond donors (Lipinski definition) is 1. The van der Waals surface area contributed by atoms with Crippen LogP contribution in [0.5, 0.6) is 5.88 Å². The summed E-state index contributed by atoms with van der Waals surface area (Å²) in [5, 5.41) is 0. The lowest BCUT2D eigenvalue weighted by molar-refractivity contribution is 0.292. The lowest BCUT2D eigenvalue weighted by atomic mass is 10.2. The van der Waals surface area contributed by atoms with Crippen molar-refractivity contribution < 1.29 is 4.74 Å². The quantitative estimate of drug-likeness (QED) is 0.831. The van der Waals surface area contributed by atoms with Gasteiger partial charge in [-0.15, -0.1) is 0 Å². The van der Waals surface area contributed by atoms with E-state index in [0.717, 1.165) is 5.56 Å². The van der Waals surface area contributed by atoms with Gasteiger partial charge in [0.2, 0.25) is 5.88 Å². The second-order valence-electron chi connectivity index (χ2n) is 3.38. The van der Waals surface area contributed by atoms with Gasteiger partial charge in [-0.05, 0) is 5.56 Å². The second-order valence-corrected chi connectivity index (χ2v) is 3.82. The fraction of sp³-hybridized carbons (Fsp3) is 0.0833. The Hall–Kier alpha value is -2.01. The number of nitrogens with zero attached hydrogens (tertiary/aromatic N) is 2. The Labute approximate surface area is 104 Å². The smallest absolute Gasteiger partial charge is 0.233 e. The number of rotatable bonds is 4. The zero-order valence-electron chi connectivity index (χ0n) is 9.04. The van der Waals surface area contributed by atoms with Crippen molar-refractivity contribution >= 4 is 17.2 Å². The predicted molar refractivity (Wildman–Crippen MR) is 68.7 cm³/mol. The minimum atomic E-state index is 0.211. The van der Waals surface area contributed by atoms with E-state index in [2.05, 4.69) is 9.97 Å². The first kappa shape index (κ1) is 11.5. The van der Waals surface area contributed by atoms with Gasteiger partial charge < -0.3 is 10.5 Å². The molecule has 0 saturated carbocycles. The fourth-order valence-corrected chi connectivity index (χ4v) is 1.37. The molecule has 0 aliphatic carbocycles. The van der Waals surface area contributed by atoms with Gasteiger partial charge in [-0.3, -0.25) is 4.98 Å². The zero-order chi connectivity index (χ0) is 12.1. The molecule has 2 N–H and O–H groups in total. The van der Waals surface area contributed by atoms with Gasteiger partial charge in [-0.25, -0.2) is 4.98 Å². The molecule has 0 spiro atoms. The molecule has 2 aromatic rings. The Morgan fingerprint density at radius 1 is 1.24 bits per heavy atom. The number of thiocarbonyl (C=S) groups is 1. The summed E-state index contributed by atoms with van der Waals surface area (Å²) in [4.78, 5) is 8.31.